The van der Waals surface area contributed by atoms with Gasteiger partial charge in [-0.1, -0.05) is 53.0 Å². The Labute approximate surface area is 143 Å². The highest BCUT2D eigenvalue weighted by Gasteiger charge is 2.04. The first kappa shape index (κ1) is 16.6. The van der Waals surface area contributed by atoms with E-state index in [2.05, 4.69) is 15.8 Å². The van der Waals surface area contributed by atoms with Crippen molar-refractivity contribution in [2.45, 2.75) is 0 Å². The molecule has 1 amide bonds. The molecule has 0 aliphatic carbocycles. The lowest BCUT2D eigenvalue weighted by molar-refractivity contribution is -0.119. The highest BCUT2D eigenvalue weighted by Crippen LogP contribution is 2.22. The van der Waals surface area contributed by atoms with Gasteiger partial charge in [-0.2, -0.15) is 5.10 Å². The number of anilines is 1. The van der Waals surface area contributed by atoms with Crippen molar-refractivity contribution in [2.24, 2.45) is 5.10 Å². The van der Waals surface area contributed by atoms with Crippen LogP contribution in [0.25, 0.3) is 0 Å². The Kier molecular flexibility index (Phi) is 6.07. The van der Waals surface area contributed by atoms with Gasteiger partial charge in [0.1, 0.15) is 0 Å². The number of hydrogen-bond acceptors (Lipinski definition) is 3. The molecule has 0 aliphatic rings. The molecule has 114 valence electrons. The molecule has 0 aliphatic heterocycles. The maximum Gasteiger partial charge on any atom is 0.259 e. The van der Waals surface area contributed by atoms with Crippen molar-refractivity contribution in [2.75, 3.05) is 11.9 Å². The molecule has 2 N–H and O–H groups in total. The third-order valence-electron chi connectivity index (χ3n) is 2.70. The van der Waals surface area contributed by atoms with Gasteiger partial charge in [-0.3, -0.25) is 4.79 Å². The van der Waals surface area contributed by atoms with E-state index in [4.69, 9.17) is 34.8 Å². The quantitative estimate of drug-likeness (QED) is 0.623. The number of carbonyl (C=O) groups excluding carboxylic acids is 1. The number of hydrogen-bond donors (Lipinski definition) is 2. The van der Waals surface area contributed by atoms with Crippen LogP contribution in [0.15, 0.2) is 47.6 Å². The van der Waals surface area contributed by atoms with Crippen LogP contribution in [-0.2, 0) is 4.79 Å². The number of nitrogens with zero attached hydrogens (tertiary/aromatic N) is 1. The molecule has 0 aromatic heterocycles. The second-order valence-electron chi connectivity index (χ2n) is 4.26. The molecule has 22 heavy (non-hydrogen) atoms. The van der Waals surface area contributed by atoms with Crippen molar-refractivity contribution < 1.29 is 4.79 Å². The van der Waals surface area contributed by atoms with Crippen LogP contribution in [0.3, 0.4) is 0 Å². The van der Waals surface area contributed by atoms with Gasteiger partial charge in [0.05, 0.1) is 33.5 Å². The summed E-state index contributed by atoms with van der Waals surface area (Å²) in [5.41, 5.74) is 3.61. The normalized spacial score (nSPS) is 10.7. The fourth-order valence-corrected chi connectivity index (χ4v) is 2.32. The Balaban J connectivity index is 1.88. The van der Waals surface area contributed by atoms with E-state index in [1.165, 1.54) is 6.21 Å². The van der Waals surface area contributed by atoms with Crippen LogP contribution in [0.1, 0.15) is 5.56 Å². The number of para-hydroxylation sites is 1. The fourth-order valence-electron chi connectivity index (χ4n) is 1.62. The first-order chi connectivity index (χ1) is 10.6. The summed E-state index contributed by atoms with van der Waals surface area (Å²) < 4.78 is 0. The molecule has 7 heteroatoms. The minimum Gasteiger partial charge on any atom is -0.375 e. The van der Waals surface area contributed by atoms with Crippen molar-refractivity contribution in [3.8, 4) is 0 Å². The minimum absolute atomic E-state index is 0.0390. The van der Waals surface area contributed by atoms with E-state index in [1.807, 2.05) is 12.1 Å². The zero-order chi connectivity index (χ0) is 15.9. The number of rotatable bonds is 5. The molecule has 0 radical (unpaired) electrons. The molecule has 0 saturated carbocycles. The lowest BCUT2D eigenvalue weighted by Gasteiger charge is -2.06. The van der Waals surface area contributed by atoms with Gasteiger partial charge in [0.25, 0.3) is 5.91 Å². The summed E-state index contributed by atoms with van der Waals surface area (Å²) in [5.74, 6) is -0.320. The van der Waals surface area contributed by atoms with E-state index in [1.54, 1.807) is 30.3 Å². The molecule has 2 rings (SSSR count). The Morgan fingerprint density at radius 3 is 2.32 bits per heavy atom. The molecule has 2 aromatic rings. The zero-order valence-electron chi connectivity index (χ0n) is 11.3. The molecule has 4 nitrogen and oxygen atoms in total. The number of nitrogens with one attached hydrogen (secondary N) is 2. The molecule has 0 spiro atoms. The zero-order valence-corrected chi connectivity index (χ0v) is 13.6. The number of hydrazone groups is 1. The Hall–Kier alpha value is -1.75. The second kappa shape index (κ2) is 8.03. The van der Waals surface area contributed by atoms with E-state index in [0.29, 0.717) is 26.3 Å². The summed E-state index contributed by atoms with van der Waals surface area (Å²) in [6.45, 7) is 0.0390. The summed E-state index contributed by atoms with van der Waals surface area (Å²) >= 11 is 17.9. The monoisotopic (exact) mass is 355 g/mol. The predicted octanol–water partition coefficient (Wildman–Crippen LogP) is 4.21. The molecule has 0 fully saturated rings. The third kappa shape index (κ3) is 4.63. The molecular weight excluding hydrogens is 345 g/mol. The van der Waals surface area contributed by atoms with E-state index in [-0.39, 0.29) is 12.5 Å². The number of halogens is 3. The molecule has 2 aromatic carbocycles. The minimum atomic E-state index is -0.320. The van der Waals surface area contributed by atoms with Crippen molar-refractivity contribution in [3.63, 3.8) is 0 Å². The summed E-state index contributed by atoms with van der Waals surface area (Å²) in [6.07, 6.45) is 1.40. The summed E-state index contributed by atoms with van der Waals surface area (Å²) in [6, 6.07) is 12.3. The van der Waals surface area contributed by atoms with E-state index in [0.717, 1.165) is 0 Å². The number of carbonyl (C=O) groups is 1. The van der Waals surface area contributed by atoms with Crippen molar-refractivity contribution in [3.05, 3.63) is 63.1 Å². The Bertz CT molecular complexity index is 684. The lowest BCUT2D eigenvalue weighted by Crippen LogP contribution is -2.26. The lowest BCUT2D eigenvalue weighted by atomic mass is 10.2. The Morgan fingerprint density at radius 1 is 1.00 bits per heavy atom. The van der Waals surface area contributed by atoms with E-state index < -0.39 is 0 Å². The molecule has 0 bridgehead atoms. The van der Waals surface area contributed by atoms with E-state index >= 15 is 0 Å². The predicted molar refractivity (Wildman–Crippen MR) is 92.1 cm³/mol. The topological polar surface area (TPSA) is 53.5 Å². The van der Waals surface area contributed by atoms with Gasteiger partial charge < -0.3 is 5.32 Å². The van der Waals surface area contributed by atoms with Crippen LogP contribution in [0.5, 0.6) is 0 Å². The van der Waals surface area contributed by atoms with Crippen molar-refractivity contribution in [1.82, 2.24) is 5.43 Å². The van der Waals surface area contributed by atoms with Gasteiger partial charge in [-0.25, -0.2) is 5.43 Å². The Morgan fingerprint density at radius 2 is 1.64 bits per heavy atom. The maximum atomic E-state index is 11.7. The van der Waals surface area contributed by atoms with Gasteiger partial charge in [-0.15, -0.1) is 0 Å². The molecule has 0 saturated heterocycles. The summed E-state index contributed by atoms with van der Waals surface area (Å²) in [5, 5.41) is 8.20. The summed E-state index contributed by atoms with van der Waals surface area (Å²) in [4.78, 5) is 11.7. The standard InChI is InChI=1S/C15H12Cl3N3O/c16-11-5-3-6-12(17)10(11)8-20-21-15(22)9-19-14-7-2-1-4-13(14)18/h1-8,19H,9H2,(H,21,22). The van der Waals surface area contributed by atoms with Crippen LogP contribution < -0.4 is 10.7 Å². The SMILES string of the molecule is O=C(CNc1ccccc1Cl)NN=Cc1c(Cl)cccc1Cl. The maximum absolute atomic E-state index is 11.7. The van der Waals surface area contributed by atoms with E-state index in [9.17, 15) is 4.79 Å². The highest BCUT2D eigenvalue weighted by molar-refractivity contribution is 6.38. The average Bonchev–Trinajstić information content (AvgIpc) is 2.49. The van der Waals surface area contributed by atoms with Crippen LogP contribution >= 0.6 is 34.8 Å². The van der Waals surface area contributed by atoms with Gasteiger partial charge in [-0.05, 0) is 24.3 Å². The summed E-state index contributed by atoms with van der Waals surface area (Å²) in [7, 11) is 0. The van der Waals surface area contributed by atoms with Gasteiger partial charge in [0.2, 0.25) is 0 Å². The highest BCUT2D eigenvalue weighted by atomic mass is 35.5. The second-order valence-corrected chi connectivity index (χ2v) is 5.48. The number of benzene rings is 2. The molecule has 0 unspecified atom stereocenters. The largest absolute Gasteiger partial charge is 0.375 e. The molecule has 0 atom stereocenters. The molecular formula is C15H12Cl3N3O. The van der Waals surface area contributed by atoms with Crippen LogP contribution in [0.2, 0.25) is 15.1 Å². The van der Waals surface area contributed by atoms with Crippen molar-refractivity contribution >= 4 is 52.6 Å². The number of amides is 1. The fraction of sp³-hybridized carbons (Fsp3) is 0.0667. The first-order valence-electron chi connectivity index (χ1n) is 6.32. The van der Waals surface area contributed by atoms with Gasteiger partial charge >= 0.3 is 0 Å². The van der Waals surface area contributed by atoms with Crippen LogP contribution in [-0.4, -0.2) is 18.7 Å². The van der Waals surface area contributed by atoms with Gasteiger partial charge in [0.15, 0.2) is 0 Å². The van der Waals surface area contributed by atoms with Gasteiger partial charge in [0, 0.05) is 5.56 Å². The van der Waals surface area contributed by atoms with Crippen LogP contribution in [0, 0.1) is 0 Å². The first-order valence-corrected chi connectivity index (χ1v) is 7.45. The van der Waals surface area contributed by atoms with Crippen LogP contribution in [0.4, 0.5) is 5.69 Å². The molecule has 0 heterocycles. The smallest absolute Gasteiger partial charge is 0.259 e. The van der Waals surface area contributed by atoms with Crippen molar-refractivity contribution in [1.29, 1.82) is 0 Å². The third-order valence-corrected chi connectivity index (χ3v) is 3.68. The average molecular weight is 357 g/mol.